The van der Waals surface area contributed by atoms with Crippen LogP contribution < -0.4 is 0 Å². The highest BCUT2D eigenvalue weighted by Gasteiger charge is 2.29. The Labute approximate surface area is 171 Å². The van der Waals surface area contributed by atoms with Gasteiger partial charge in [-0.25, -0.2) is 4.68 Å². The minimum Gasteiger partial charge on any atom is -0.299 e. The summed E-state index contributed by atoms with van der Waals surface area (Å²) in [6, 6.07) is 13.5. The van der Waals surface area contributed by atoms with Crippen LogP contribution >= 0.6 is 11.3 Å². The van der Waals surface area contributed by atoms with Crippen LogP contribution in [0, 0.1) is 0 Å². The van der Waals surface area contributed by atoms with Crippen molar-refractivity contribution in [1.29, 1.82) is 0 Å². The molecule has 1 aromatic carbocycles. The highest BCUT2D eigenvalue weighted by molar-refractivity contribution is 7.10. The summed E-state index contributed by atoms with van der Waals surface area (Å²) in [6.07, 6.45) is 9.59. The van der Waals surface area contributed by atoms with Crippen LogP contribution in [0.25, 0.3) is 5.69 Å². The maximum Gasteiger partial charge on any atom is 0.0645 e. The molecule has 5 rings (SSSR count). The zero-order valence-corrected chi connectivity index (χ0v) is 17.2. The minimum absolute atomic E-state index is 0.740. The van der Waals surface area contributed by atoms with Gasteiger partial charge >= 0.3 is 0 Å². The molecule has 1 saturated carbocycles. The van der Waals surface area contributed by atoms with Gasteiger partial charge in [0, 0.05) is 42.3 Å². The normalized spacial score (nSPS) is 17.6. The summed E-state index contributed by atoms with van der Waals surface area (Å²) in [6.45, 7) is 5.71. The van der Waals surface area contributed by atoms with Crippen LogP contribution in [0.3, 0.4) is 0 Å². The lowest BCUT2D eigenvalue weighted by atomic mass is 10.2. The number of hydrogen-bond donors (Lipinski definition) is 0. The molecule has 146 valence electrons. The Morgan fingerprint density at radius 3 is 2.64 bits per heavy atom. The smallest absolute Gasteiger partial charge is 0.0645 e. The van der Waals surface area contributed by atoms with Crippen LogP contribution in [-0.2, 0) is 19.6 Å². The van der Waals surface area contributed by atoms with Gasteiger partial charge in [0.1, 0.15) is 0 Å². The Morgan fingerprint density at radius 1 is 1.04 bits per heavy atom. The summed E-state index contributed by atoms with van der Waals surface area (Å²) in [4.78, 5) is 6.72. The van der Waals surface area contributed by atoms with Crippen molar-refractivity contribution in [2.75, 3.05) is 13.1 Å². The summed E-state index contributed by atoms with van der Waals surface area (Å²) in [5, 5.41) is 6.94. The molecule has 5 heteroatoms. The molecule has 1 saturated heterocycles. The summed E-state index contributed by atoms with van der Waals surface area (Å²) in [5.74, 6) is 0. The van der Waals surface area contributed by atoms with Crippen molar-refractivity contribution < 1.29 is 0 Å². The largest absolute Gasteiger partial charge is 0.299 e. The number of rotatable bonds is 8. The molecule has 4 nitrogen and oxygen atoms in total. The zero-order valence-electron chi connectivity index (χ0n) is 16.3. The van der Waals surface area contributed by atoms with Crippen LogP contribution in [0.5, 0.6) is 0 Å². The first kappa shape index (κ1) is 18.1. The molecule has 2 aliphatic rings. The van der Waals surface area contributed by atoms with E-state index < -0.39 is 0 Å². The third-order valence-corrected chi connectivity index (χ3v) is 6.75. The zero-order chi connectivity index (χ0) is 18.8. The quantitative estimate of drug-likeness (QED) is 0.556. The molecule has 3 aromatic rings. The Balaban J connectivity index is 1.23. The molecule has 0 unspecified atom stereocenters. The van der Waals surface area contributed by atoms with Gasteiger partial charge < -0.3 is 0 Å². The molecule has 0 radical (unpaired) electrons. The monoisotopic (exact) mass is 392 g/mol. The van der Waals surface area contributed by atoms with Crippen molar-refractivity contribution in [1.82, 2.24) is 19.6 Å². The van der Waals surface area contributed by atoms with Crippen molar-refractivity contribution in [3.05, 3.63) is 70.2 Å². The average molecular weight is 393 g/mol. The molecule has 28 heavy (non-hydrogen) atoms. The average Bonchev–Trinajstić information content (AvgIpc) is 3.10. The first-order valence-electron chi connectivity index (χ1n) is 10.5. The Kier molecular flexibility index (Phi) is 5.30. The summed E-state index contributed by atoms with van der Waals surface area (Å²) >= 11 is 1.93. The number of benzene rings is 1. The van der Waals surface area contributed by atoms with Crippen LogP contribution in [0.1, 0.15) is 41.7 Å². The van der Waals surface area contributed by atoms with E-state index in [4.69, 9.17) is 0 Å². The molecule has 1 aliphatic carbocycles. The van der Waals surface area contributed by atoms with Gasteiger partial charge in [0.25, 0.3) is 0 Å². The lowest BCUT2D eigenvalue weighted by molar-refractivity contribution is 0.248. The van der Waals surface area contributed by atoms with Crippen molar-refractivity contribution in [2.24, 2.45) is 0 Å². The number of aromatic nitrogens is 2. The number of para-hydroxylation sites is 1. The standard InChI is InChI=1S/C23H28N4S/c1-2-6-22(7-3-1)27-16-20(13-24-27)15-26(21-8-9-21)17-23-12-19(18-28-23)14-25-10-4-5-11-25/h1-3,6-7,12-13,16,18,21H,4-5,8-11,14-15,17H2. The molecule has 0 atom stereocenters. The van der Waals surface area contributed by atoms with Crippen molar-refractivity contribution in [2.45, 2.75) is 51.4 Å². The second-order valence-corrected chi connectivity index (χ2v) is 9.17. The molecule has 0 N–H and O–H groups in total. The molecule has 3 heterocycles. The molecule has 0 amide bonds. The molecule has 1 aliphatic heterocycles. The van der Waals surface area contributed by atoms with E-state index in [0.717, 1.165) is 31.4 Å². The van der Waals surface area contributed by atoms with E-state index in [1.54, 1.807) is 0 Å². The van der Waals surface area contributed by atoms with Gasteiger partial charge in [-0.1, -0.05) is 18.2 Å². The van der Waals surface area contributed by atoms with Gasteiger partial charge in [0.15, 0.2) is 0 Å². The van der Waals surface area contributed by atoms with Crippen LogP contribution in [0.4, 0.5) is 0 Å². The fraction of sp³-hybridized carbons (Fsp3) is 0.435. The Bertz CT molecular complexity index is 890. The van der Waals surface area contributed by atoms with Crippen molar-refractivity contribution in [3.8, 4) is 5.69 Å². The third kappa shape index (κ3) is 4.37. The maximum absolute atomic E-state index is 4.57. The van der Waals surface area contributed by atoms with E-state index in [0.29, 0.717) is 0 Å². The number of thiophene rings is 1. The van der Waals surface area contributed by atoms with Crippen LogP contribution in [-0.4, -0.2) is 38.7 Å². The Morgan fingerprint density at radius 2 is 1.86 bits per heavy atom. The fourth-order valence-electron chi connectivity index (χ4n) is 4.14. The summed E-state index contributed by atoms with van der Waals surface area (Å²) < 4.78 is 1.99. The van der Waals surface area contributed by atoms with Gasteiger partial charge in [0.05, 0.1) is 11.9 Å². The van der Waals surface area contributed by atoms with Crippen LogP contribution in [0.2, 0.25) is 0 Å². The highest BCUT2D eigenvalue weighted by Crippen LogP contribution is 2.31. The van der Waals surface area contributed by atoms with E-state index in [9.17, 15) is 0 Å². The minimum atomic E-state index is 0.740. The highest BCUT2D eigenvalue weighted by atomic mass is 32.1. The van der Waals surface area contributed by atoms with Gasteiger partial charge in [-0.3, -0.25) is 9.80 Å². The first-order valence-corrected chi connectivity index (χ1v) is 11.3. The summed E-state index contributed by atoms with van der Waals surface area (Å²) in [7, 11) is 0. The van der Waals surface area contributed by atoms with Gasteiger partial charge in [-0.2, -0.15) is 5.10 Å². The predicted molar refractivity (Wildman–Crippen MR) is 115 cm³/mol. The number of hydrogen-bond acceptors (Lipinski definition) is 4. The van der Waals surface area contributed by atoms with E-state index in [1.165, 1.54) is 54.8 Å². The van der Waals surface area contributed by atoms with Crippen molar-refractivity contribution in [3.63, 3.8) is 0 Å². The second kappa shape index (κ2) is 8.19. The fourth-order valence-corrected chi connectivity index (χ4v) is 5.05. The van der Waals surface area contributed by atoms with E-state index in [-0.39, 0.29) is 0 Å². The van der Waals surface area contributed by atoms with Gasteiger partial charge in [-0.05, 0) is 67.9 Å². The molecule has 2 fully saturated rings. The second-order valence-electron chi connectivity index (χ2n) is 8.17. The molecular weight excluding hydrogens is 364 g/mol. The van der Waals surface area contributed by atoms with Gasteiger partial charge in [0.2, 0.25) is 0 Å². The number of likely N-dealkylation sites (tertiary alicyclic amines) is 1. The molecular formula is C23H28N4S. The maximum atomic E-state index is 4.57. The van der Waals surface area contributed by atoms with Crippen LogP contribution in [0.15, 0.2) is 54.2 Å². The molecule has 0 spiro atoms. The Hall–Kier alpha value is -1.95. The van der Waals surface area contributed by atoms with Gasteiger partial charge in [-0.15, -0.1) is 11.3 Å². The van der Waals surface area contributed by atoms with E-state index >= 15 is 0 Å². The molecule has 2 aromatic heterocycles. The lowest BCUT2D eigenvalue weighted by Gasteiger charge is -2.20. The topological polar surface area (TPSA) is 24.3 Å². The predicted octanol–water partition coefficient (Wildman–Crippen LogP) is 4.69. The third-order valence-electron chi connectivity index (χ3n) is 5.78. The van der Waals surface area contributed by atoms with E-state index in [1.807, 2.05) is 28.3 Å². The molecule has 0 bridgehead atoms. The first-order chi connectivity index (χ1) is 13.8. The SMILES string of the molecule is c1ccc(-n2cc(CN(Cc3cc(CN4CCCC4)cs3)C3CC3)cn2)cc1. The van der Waals surface area contributed by atoms with E-state index in [2.05, 4.69) is 56.8 Å². The number of nitrogens with zero attached hydrogens (tertiary/aromatic N) is 4. The summed E-state index contributed by atoms with van der Waals surface area (Å²) in [5.41, 5.74) is 3.91. The lowest BCUT2D eigenvalue weighted by Crippen LogP contribution is -2.24. The van der Waals surface area contributed by atoms with Crippen molar-refractivity contribution >= 4 is 11.3 Å².